The van der Waals surface area contributed by atoms with E-state index >= 15 is 0 Å². The van der Waals surface area contributed by atoms with E-state index in [-0.39, 0.29) is 28.3 Å². The van der Waals surface area contributed by atoms with Crippen molar-refractivity contribution in [3.05, 3.63) is 59.7 Å². The van der Waals surface area contributed by atoms with Crippen LogP contribution in [0.2, 0.25) is 0 Å². The van der Waals surface area contributed by atoms with Crippen LogP contribution in [0.5, 0.6) is 5.75 Å². The maximum Gasteiger partial charge on any atom is 0.310 e. The van der Waals surface area contributed by atoms with Gasteiger partial charge in [0.05, 0.1) is 11.1 Å². The van der Waals surface area contributed by atoms with Crippen molar-refractivity contribution < 1.29 is 33.9 Å². The average molecular weight is 365 g/mol. The van der Waals surface area contributed by atoms with Crippen LogP contribution in [0.15, 0.2) is 53.4 Å². The average Bonchev–Trinajstić information content (AvgIpc) is 2.71. The smallest absolute Gasteiger partial charge is 0.310 e. The summed E-state index contributed by atoms with van der Waals surface area (Å²) in [5, 5.41) is 0.231. The summed E-state index contributed by atoms with van der Waals surface area (Å²) >= 11 is 0. The Bertz CT molecular complexity index is 847. The van der Waals surface area contributed by atoms with Crippen LogP contribution in [0, 0.1) is 0 Å². The third-order valence-corrected chi connectivity index (χ3v) is 4.35. The summed E-state index contributed by atoms with van der Waals surface area (Å²) in [6.07, 6.45) is 0. The number of rotatable bonds is 3. The zero-order chi connectivity index (χ0) is 17.8. The number of fused-ring (bicyclic) bond motifs is 1. The number of hydrogen-bond acceptors (Lipinski definition) is 3. The van der Waals surface area contributed by atoms with E-state index < -0.39 is 32.7 Å². The Balaban J connectivity index is 1.95. The van der Waals surface area contributed by atoms with Gasteiger partial charge in [-0.1, -0.05) is 42.7 Å². The molecule has 0 saturated carbocycles. The summed E-state index contributed by atoms with van der Waals surface area (Å²) in [5.74, 6) is -2.50. The number of carbonyl (C=O) groups excluding carboxylic acids is 2. The molecule has 4 nitrogen and oxygen atoms in total. The quantitative estimate of drug-likeness (QED) is 0.572. The molecule has 2 aromatic rings. The predicted octanol–water partition coefficient (Wildman–Crippen LogP) is 4.93. The number of hydrogen-bond donors (Lipinski definition) is 0. The number of amides is 2. The van der Waals surface area contributed by atoms with E-state index in [1.54, 1.807) is 0 Å². The molecule has 0 unspecified atom stereocenters. The van der Waals surface area contributed by atoms with E-state index in [0.29, 0.717) is 6.07 Å². The highest BCUT2D eigenvalue weighted by molar-refractivity contribution is 8.45. The molecule has 2 aromatic carbocycles. The van der Waals surface area contributed by atoms with Crippen LogP contribution in [-0.2, 0) is 0 Å². The zero-order valence-electron chi connectivity index (χ0n) is 11.6. The Morgan fingerprint density at radius 3 is 1.83 bits per heavy atom. The molecule has 1 aliphatic heterocycles. The molecular weight excluding hydrogens is 357 g/mol. The van der Waals surface area contributed by atoms with E-state index in [4.69, 9.17) is 4.84 Å². The van der Waals surface area contributed by atoms with Gasteiger partial charge in [-0.25, -0.2) is 0 Å². The van der Waals surface area contributed by atoms with Crippen molar-refractivity contribution in [2.45, 2.75) is 4.90 Å². The summed E-state index contributed by atoms with van der Waals surface area (Å²) < 4.78 is 64.0. The highest BCUT2D eigenvalue weighted by atomic mass is 32.5. The van der Waals surface area contributed by atoms with E-state index in [9.17, 15) is 29.0 Å². The fraction of sp³-hybridized carbons (Fsp3) is 0. The highest BCUT2D eigenvalue weighted by Crippen LogP contribution is 3.02. The Labute approximate surface area is 132 Å². The summed E-state index contributed by atoms with van der Waals surface area (Å²) in [6, 6.07) is 7.51. The second-order valence-electron chi connectivity index (χ2n) is 4.99. The first-order chi connectivity index (χ1) is 10.9. The van der Waals surface area contributed by atoms with Gasteiger partial charge in [-0.05, 0) is 24.3 Å². The molecule has 0 spiro atoms. The molecule has 0 atom stereocenters. The number of hydroxylamine groups is 2. The minimum atomic E-state index is -9.90. The van der Waals surface area contributed by atoms with Crippen molar-refractivity contribution in [2.75, 3.05) is 0 Å². The molecule has 10 heteroatoms. The minimum Gasteiger partial charge on any atom is -0.368 e. The molecule has 0 fully saturated rings. The molecule has 128 valence electrons. The van der Waals surface area contributed by atoms with Gasteiger partial charge < -0.3 is 4.84 Å². The van der Waals surface area contributed by atoms with Crippen LogP contribution in [0.25, 0.3) is 0 Å². The molecule has 0 N–H and O–H groups in total. The van der Waals surface area contributed by atoms with Gasteiger partial charge in [0.15, 0.2) is 5.75 Å². The molecule has 1 heterocycles. The second-order valence-corrected chi connectivity index (χ2v) is 7.39. The van der Waals surface area contributed by atoms with Crippen LogP contribution in [0.4, 0.5) is 19.4 Å². The molecule has 0 aliphatic carbocycles. The molecular formula is C14H8F5NO3S. The molecule has 0 aromatic heterocycles. The molecule has 0 saturated heterocycles. The first-order valence-electron chi connectivity index (χ1n) is 6.37. The molecule has 3 rings (SSSR count). The van der Waals surface area contributed by atoms with Gasteiger partial charge in [0.2, 0.25) is 0 Å². The SMILES string of the molecule is O=C1c2ccccc2C(=O)N1Oc1cccc(S(F)(F)(F)(F)F)c1. The Hall–Kier alpha value is -2.62. The lowest BCUT2D eigenvalue weighted by Gasteiger charge is -2.40. The minimum absolute atomic E-state index is 0.00590. The molecule has 0 radical (unpaired) electrons. The predicted molar refractivity (Wildman–Crippen MR) is 75.4 cm³/mol. The van der Waals surface area contributed by atoms with Crippen molar-refractivity contribution in [3.8, 4) is 5.75 Å². The highest BCUT2D eigenvalue weighted by Gasteiger charge is 2.65. The Morgan fingerprint density at radius 1 is 0.792 bits per heavy atom. The number of nitrogens with zero attached hydrogens (tertiary/aromatic N) is 1. The number of imide groups is 1. The molecule has 24 heavy (non-hydrogen) atoms. The lowest BCUT2D eigenvalue weighted by atomic mass is 10.1. The third-order valence-electron chi connectivity index (χ3n) is 3.20. The number of halogens is 5. The van der Waals surface area contributed by atoms with Crippen LogP contribution >= 0.6 is 10.2 Å². The van der Waals surface area contributed by atoms with Gasteiger partial charge in [0.1, 0.15) is 4.90 Å². The van der Waals surface area contributed by atoms with Crippen LogP contribution in [0.3, 0.4) is 0 Å². The standard InChI is InChI=1S/C14H8F5NO3S/c15-24(16,17,18,19)10-5-3-4-9(8-10)23-20-13(21)11-6-1-2-7-12(11)14(20)22/h1-8H. The zero-order valence-corrected chi connectivity index (χ0v) is 12.4. The van der Waals surface area contributed by atoms with Crippen molar-refractivity contribution in [2.24, 2.45) is 0 Å². The normalized spacial score (nSPS) is 17.3. The van der Waals surface area contributed by atoms with E-state index in [2.05, 4.69) is 0 Å². The summed E-state index contributed by atoms with van der Waals surface area (Å²) in [4.78, 5) is 26.7. The third kappa shape index (κ3) is 2.80. The van der Waals surface area contributed by atoms with Gasteiger partial charge in [0.25, 0.3) is 11.8 Å². The number of carbonyl (C=O) groups is 2. The lowest BCUT2D eigenvalue weighted by Crippen LogP contribution is -2.33. The van der Waals surface area contributed by atoms with Gasteiger partial charge >= 0.3 is 10.2 Å². The fourth-order valence-electron chi connectivity index (χ4n) is 2.13. The topological polar surface area (TPSA) is 46.6 Å². The first-order valence-corrected chi connectivity index (χ1v) is 8.32. The van der Waals surface area contributed by atoms with Gasteiger partial charge in [-0.2, -0.15) is 0 Å². The summed E-state index contributed by atoms with van der Waals surface area (Å²) in [6.45, 7) is 0. The maximum atomic E-state index is 12.8. The van der Waals surface area contributed by atoms with E-state index in [1.165, 1.54) is 24.3 Å². The van der Waals surface area contributed by atoms with Crippen LogP contribution < -0.4 is 4.84 Å². The molecule has 1 aliphatic rings. The first kappa shape index (κ1) is 16.2. The van der Waals surface area contributed by atoms with E-state index in [1.807, 2.05) is 0 Å². The van der Waals surface area contributed by atoms with Crippen molar-refractivity contribution in [1.82, 2.24) is 5.06 Å². The molecule has 2 amide bonds. The van der Waals surface area contributed by atoms with Gasteiger partial charge in [-0.3, -0.25) is 9.59 Å². The van der Waals surface area contributed by atoms with Crippen LogP contribution in [-0.4, -0.2) is 16.9 Å². The maximum absolute atomic E-state index is 12.8. The van der Waals surface area contributed by atoms with Gasteiger partial charge in [0, 0.05) is 6.07 Å². The van der Waals surface area contributed by atoms with Crippen molar-refractivity contribution in [1.29, 1.82) is 0 Å². The monoisotopic (exact) mass is 365 g/mol. The van der Waals surface area contributed by atoms with Gasteiger partial charge in [-0.15, -0.1) is 0 Å². The van der Waals surface area contributed by atoms with Crippen LogP contribution in [0.1, 0.15) is 20.7 Å². The number of benzene rings is 2. The van der Waals surface area contributed by atoms with Crippen molar-refractivity contribution >= 4 is 22.0 Å². The summed E-state index contributed by atoms with van der Waals surface area (Å²) in [5.41, 5.74) is 0.0118. The Kier molecular flexibility index (Phi) is 2.88. The fourth-order valence-corrected chi connectivity index (χ4v) is 2.80. The molecule has 0 bridgehead atoms. The van der Waals surface area contributed by atoms with E-state index in [0.717, 1.165) is 6.07 Å². The largest absolute Gasteiger partial charge is 0.368 e. The lowest BCUT2D eigenvalue weighted by molar-refractivity contribution is -0.0142. The second kappa shape index (κ2) is 4.26. The summed E-state index contributed by atoms with van der Waals surface area (Å²) in [7, 11) is -9.90. The Morgan fingerprint density at radius 2 is 1.33 bits per heavy atom. The van der Waals surface area contributed by atoms with Crippen molar-refractivity contribution in [3.63, 3.8) is 0 Å².